The van der Waals surface area contributed by atoms with E-state index in [1.807, 2.05) is 18.2 Å². The van der Waals surface area contributed by atoms with Crippen molar-refractivity contribution in [1.82, 2.24) is 15.2 Å². The molecule has 7 nitrogen and oxygen atoms in total. The summed E-state index contributed by atoms with van der Waals surface area (Å²) in [6.07, 6.45) is 1.62. The second-order valence-electron chi connectivity index (χ2n) is 6.97. The molecule has 0 spiro atoms. The van der Waals surface area contributed by atoms with Crippen LogP contribution in [0.5, 0.6) is 11.5 Å². The molecule has 1 aliphatic rings. The molecular formula is C21H23N5O2. The third-order valence-electron chi connectivity index (χ3n) is 4.54. The summed E-state index contributed by atoms with van der Waals surface area (Å²) < 4.78 is 11.2. The van der Waals surface area contributed by atoms with Crippen LogP contribution in [0.4, 0.5) is 23.1 Å². The topological polar surface area (TPSA) is 81.2 Å². The number of anilines is 4. The Bertz CT molecular complexity index is 990. The van der Waals surface area contributed by atoms with Gasteiger partial charge in [-0.2, -0.15) is 10.1 Å². The van der Waals surface area contributed by atoms with Crippen LogP contribution in [0.2, 0.25) is 0 Å². The smallest absolute Gasteiger partial charge is 0.249 e. The minimum absolute atomic E-state index is 0.396. The van der Waals surface area contributed by atoms with Crippen LogP contribution in [-0.2, 0) is 0 Å². The van der Waals surface area contributed by atoms with E-state index < -0.39 is 0 Å². The minimum atomic E-state index is 0.396. The molecule has 0 unspecified atom stereocenters. The van der Waals surface area contributed by atoms with Gasteiger partial charge in [-0.15, -0.1) is 5.10 Å². The van der Waals surface area contributed by atoms with Gasteiger partial charge in [0.25, 0.3) is 0 Å². The van der Waals surface area contributed by atoms with E-state index in [0.717, 1.165) is 22.7 Å². The number of hydrogen-bond donors (Lipinski definition) is 2. The Morgan fingerprint density at radius 2 is 1.82 bits per heavy atom. The fourth-order valence-corrected chi connectivity index (χ4v) is 3.14. The molecule has 2 heterocycles. The van der Waals surface area contributed by atoms with Crippen molar-refractivity contribution in [2.75, 3.05) is 23.8 Å². The Kier molecular flexibility index (Phi) is 4.97. The summed E-state index contributed by atoms with van der Waals surface area (Å²) in [7, 11) is 0. The van der Waals surface area contributed by atoms with Crippen LogP contribution in [0.25, 0.3) is 0 Å². The number of rotatable bonds is 5. The van der Waals surface area contributed by atoms with Gasteiger partial charge in [0.05, 0.1) is 6.20 Å². The largest absolute Gasteiger partial charge is 0.486 e. The van der Waals surface area contributed by atoms with Gasteiger partial charge in [-0.05, 0) is 36.1 Å². The Hall–Kier alpha value is -3.35. The first kappa shape index (κ1) is 18.0. The molecule has 1 aliphatic heterocycles. The summed E-state index contributed by atoms with van der Waals surface area (Å²) in [5, 5.41) is 14.7. The van der Waals surface area contributed by atoms with Crippen LogP contribution in [0.1, 0.15) is 30.9 Å². The second-order valence-corrected chi connectivity index (χ2v) is 6.97. The molecule has 0 radical (unpaired) electrons. The number of hydrogen-bond acceptors (Lipinski definition) is 7. The summed E-state index contributed by atoms with van der Waals surface area (Å²) >= 11 is 0. The van der Waals surface area contributed by atoms with Gasteiger partial charge in [-0.3, -0.25) is 0 Å². The second kappa shape index (κ2) is 7.72. The number of nitrogens with zero attached hydrogens (tertiary/aromatic N) is 3. The molecule has 0 bridgehead atoms. The molecule has 0 atom stereocenters. The number of aryl methyl sites for hydroxylation is 1. The average Bonchev–Trinajstić information content (AvgIpc) is 2.69. The third kappa shape index (κ3) is 3.83. The highest BCUT2D eigenvalue weighted by molar-refractivity contribution is 5.66. The number of aromatic nitrogens is 3. The maximum Gasteiger partial charge on any atom is 0.249 e. The van der Waals surface area contributed by atoms with E-state index in [2.05, 4.69) is 64.8 Å². The Morgan fingerprint density at radius 1 is 1.00 bits per heavy atom. The normalized spacial score (nSPS) is 12.7. The lowest BCUT2D eigenvalue weighted by molar-refractivity contribution is 0.171. The predicted molar refractivity (Wildman–Crippen MR) is 109 cm³/mol. The van der Waals surface area contributed by atoms with Crippen molar-refractivity contribution in [3.8, 4) is 11.5 Å². The fourth-order valence-electron chi connectivity index (χ4n) is 3.14. The lowest BCUT2D eigenvalue weighted by Gasteiger charge is -2.19. The van der Waals surface area contributed by atoms with Crippen LogP contribution >= 0.6 is 0 Å². The summed E-state index contributed by atoms with van der Waals surface area (Å²) in [5.74, 6) is 2.88. The molecule has 1 aromatic heterocycles. The molecule has 144 valence electrons. The van der Waals surface area contributed by atoms with E-state index >= 15 is 0 Å². The van der Waals surface area contributed by atoms with Crippen molar-refractivity contribution in [2.45, 2.75) is 26.7 Å². The van der Waals surface area contributed by atoms with Gasteiger partial charge in [-0.1, -0.05) is 32.0 Å². The van der Waals surface area contributed by atoms with Gasteiger partial charge >= 0.3 is 0 Å². The molecule has 2 aromatic carbocycles. The molecule has 0 aliphatic carbocycles. The number of benzene rings is 2. The van der Waals surface area contributed by atoms with E-state index in [1.165, 1.54) is 5.56 Å². The quantitative estimate of drug-likeness (QED) is 0.674. The first-order valence-corrected chi connectivity index (χ1v) is 9.33. The minimum Gasteiger partial charge on any atom is -0.486 e. The molecule has 0 saturated heterocycles. The molecular weight excluding hydrogens is 354 g/mol. The van der Waals surface area contributed by atoms with Crippen LogP contribution in [0.15, 0.2) is 42.6 Å². The highest BCUT2D eigenvalue weighted by Crippen LogP contribution is 2.33. The first-order valence-electron chi connectivity index (χ1n) is 9.33. The number of para-hydroxylation sites is 1. The maximum absolute atomic E-state index is 5.62. The van der Waals surface area contributed by atoms with E-state index in [9.17, 15) is 0 Å². The average molecular weight is 377 g/mol. The molecule has 0 saturated carbocycles. The molecule has 0 fully saturated rings. The maximum atomic E-state index is 5.62. The fraction of sp³-hybridized carbons (Fsp3) is 0.286. The molecule has 2 N–H and O–H groups in total. The van der Waals surface area contributed by atoms with E-state index in [0.29, 0.717) is 36.6 Å². The van der Waals surface area contributed by atoms with Crippen molar-refractivity contribution < 1.29 is 9.47 Å². The van der Waals surface area contributed by atoms with Gasteiger partial charge in [0.2, 0.25) is 5.95 Å². The molecule has 3 aromatic rings. The van der Waals surface area contributed by atoms with E-state index in [1.54, 1.807) is 6.20 Å². The Labute approximate surface area is 164 Å². The molecule has 4 rings (SSSR count). The van der Waals surface area contributed by atoms with Gasteiger partial charge in [0.1, 0.15) is 13.2 Å². The van der Waals surface area contributed by atoms with Crippen LogP contribution in [-0.4, -0.2) is 28.4 Å². The van der Waals surface area contributed by atoms with Gasteiger partial charge in [-0.25, -0.2) is 0 Å². The van der Waals surface area contributed by atoms with Crippen molar-refractivity contribution in [2.24, 2.45) is 0 Å². The number of nitrogens with one attached hydrogen (secondary N) is 2. The van der Waals surface area contributed by atoms with Gasteiger partial charge < -0.3 is 20.1 Å². The van der Waals surface area contributed by atoms with E-state index in [4.69, 9.17) is 9.47 Å². The van der Waals surface area contributed by atoms with Crippen LogP contribution in [0, 0.1) is 6.92 Å². The number of fused-ring (bicyclic) bond motifs is 1. The summed E-state index contributed by atoms with van der Waals surface area (Å²) in [4.78, 5) is 4.55. The summed E-state index contributed by atoms with van der Waals surface area (Å²) in [5.41, 5.74) is 4.26. The monoisotopic (exact) mass is 377 g/mol. The van der Waals surface area contributed by atoms with Crippen LogP contribution in [0.3, 0.4) is 0 Å². The Morgan fingerprint density at radius 3 is 2.64 bits per heavy atom. The highest BCUT2D eigenvalue weighted by atomic mass is 16.6. The van der Waals surface area contributed by atoms with Gasteiger partial charge in [0.15, 0.2) is 17.3 Å². The Balaban J connectivity index is 1.56. The predicted octanol–water partition coefficient (Wildman–Crippen LogP) is 4.56. The molecule has 28 heavy (non-hydrogen) atoms. The lowest BCUT2D eigenvalue weighted by atomic mass is 9.98. The zero-order chi connectivity index (χ0) is 19.5. The lowest BCUT2D eigenvalue weighted by Crippen LogP contribution is -2.15. The number of ether oxygens (including phenoxy) is 2. The zero-order valence-corrected chi connectivity index (χ0v) is 16.2. The summed E-state index contributed by atoms with van der Waals surface area (Å²) in [6, 6.07) is 11.9. The standard InChI is InChI=1S/C21H23N5O2/c1-13(2)16-6-4-5-14(3)20(16)24-19-12-22-26-21(25-19)23-15-7-8-17-18(11-15)28-10-9-27-17/h4-8,11-13H,9-10H2,1-3H3,(H2,23,24,25,26). The highest BCUT2D eigenvalue weighted by Gasteiger charge is 2.13. The molecule has 0 amide bonds. The third-order valence-corrected chi connectivity index (χ3v) is 4.54. The van der Waals surface area contributed by atoms with Crippen molar-refractivity contribution in [3.05, 3.63) is 53.7 Å². The van der Waals surface area contributed by atoms with Crippen molar-refractivity contribution >= 4 is 23.1 Å². The first-order chi connectivity index (χ1) is 13.6. The van der Waals surface area contributed by atoms with Crippen molar-refractivity contribution in [1.29, 1.82) is 0 Å². The van der Waals surface area contributed by atoms with Gasteiger partial charge in [0, 0.05) is 17.4 Å². The summed E-state index contributed by atoms with van der Waals surface area (Å²) in [6.45, 7) is 7.54. The zero-order valence-electron chi connectivity index (χ0n) is 16.2. The van der Waals surface area contributed by atoms with Crippen molar-refractivity contribution in [3.63, 3.8) is 0 Å². The SMILES string of the molecule is Cc1cccc(C(C)C)c1Nc1cnnc(Nc2ccc3c(c2)OCCO3)n1. The van der Waals surface area contributed by atoms with E-state index in [-0.39, 0.29) is 0 Å². The van der Waals surface area contributed by atoms with Crippen LogP contribution < -0.4 is 20.1 Å². The molecule has 7 heteroatoms.